The monoisotopic (exact) mass is 985 g/mol. The van der Waals surface area contributed by atoms with E-state index >= 15 is 0 Å². The summed E-state index contributed by atoms with van der Waals surface area (Å²) < 4.78 is 22.2. The molecule has 0 bridgehead atoms. The largest absolute Gasteiger partial charge is 0.481 e. The van der Waals surface area contributed by atoms with E-state index in [9.17, 15) is 29.1 Å². The molecule has 0 aliphatic heterocycles. The fourth-order valence-corrected chi connectivity index (χ4v) is 10.6. The van der Waals surface area contributed by atoms with Crippen LogP contribution in [0.3, 0.4) is 0 Å². The molecule has 0 aromatic rings. The van der Waals surface area contributed by atoms with Gasteiger partial charge in [0.05, 0.1) is 32.2 Å². The van der Waals surface area contributed by atoms with Crippen LogP contribution in [-0.2, 0) is 42.9 Å². The van der Waals surface area contributed by atoms with E-state index in [1.165, 1.54) is 39.0 Å². The number of hydrogen-bond donors (Lipinski definition) is 5. The molecule has 0 saturated heterocycles. The molecule has 4 rings (SSSR count). The van der Waals surface area contributed by atoms with Crippen LogP contribution in [0.5, 0.6) is 0 Å². The number of hydrogen-bond acceptors (Lipinski definition) is 12. The highest BCUT2D eigenvalue weighted by Gasteiger charge is 2.36. The van der Waals surface area contributed by atoms with Crippen LogP contribution in [0.15, 0.2) is 0 Å². The van der Waals surface area contributed by atoms with E-state index in [2.05, 4.69) is 83.1 Å². The number of aliphatic hydroxyl groups is 3. The number of carbonyl (C=O) groups is 5. The van der Waals surface area contributed by atoms with Crippen molar-refractivity contribution in [3.05, 3.63) is 0 Å². The van der Waals surface area contributed by atoms with Crippen molar-refractivity contribution in [1.29, 1.82) is 0 Å². The van der Waals surface area contributed by atoms with Gasteiger partial charge in [0.25, 0.3) is 0 Å². The lowest BCUT2D eigenvalue weighted by Crippen LogP contribution is -2.37. The normalized spacial score (nSPS) is 30.0. The van der Waals surface area contributed by atoms with Crippen LogP contribution in [0.2, 0.25) is 0 Å². The second kappa shape index (κ2) is 33.8. The Morgan fingerprint density at radius 3 is 1.13 bits per heavy atom. The van der Waals surface area contributed by atoms with Crippen LogP contribution in [0.25, 0.3) is 0 Å². The molecule has 5 N–H and O–H groups in total. The third-order valence-corrected chi connectivity index (χ3v) is 15.0. The van der Waals surface area contributed by atoms with E-state index in [1.807, 2.05) is 0 Å². The smallest absolute Gasteiger partial charge is 0.334 e. The van der Waals surface area contributed by atoms with Crippen molar-refractivity contribution in [3.8, 4) is 0 Å². The Bertz CT molecular complexity index is 1460. The minimum absolute atomic E-state index is 0.00847. The molecule has 0 aromatic carbocycles. The van der Waals surface area contributed by atoms with Crippen LogP contribution >= 0.6 is 0 Å². The molecular weight excluding hydrogens is 885 g/mol. The molecule has 14 nitrogen and oxygen atoms in total. The van der Waals surface area contributed by atoms with Crippen LogP contribution in [0, 0.1) is 71.0 Å². The summed E-state index contributed by atoms with van der Waals surface area (Å²) in [4.78, 5) is 55.6. The van der Waals surface area contributed by atoms with Gasteiger partial charge in [0.1, 0.15) is 30.5 Å². The minimum atomic E-state index is -1.01. The predicted octanol–water partition coefficient (Wildman–Crippen LogP) is 10.3. The van der Waals surface area contributed by atoms with Gasteiger partial charge in [-0.15, -0.1) is 0 Å². The summed E-state index contributed by atoms with van der Waals surface area (Å²) in [6.07, 6.45) is 12.2. The maximum absolute atomic E-state index is 11.8. The Labute approximate surface area is 417 Å². The van der Waals surface area contributed by atoms with Crippen LogP contribution < -0.4 is 0 Å². The molecule has 4 saturated carbocycles. The number of aliphatic carboxylic acids is 2. The van der Waals surface area contributed by atoms with E-state index in [4.69, 9.17) is 39.4 Å². The van der Waals surface area contributed by atoms with Crippen molar-refractivity contribution in [2.75, 3.05) is 13.2 Å². The molecule has 0 aromatic heterocycles. The van der Waals surface area contributed by atoms with Gasteiger partial charge in [0.2, 0.25) is 0 Å². The number of aliphatic hydroxyl groups excluding tert-OH is 3. The van der Waals surface area contributed by atoms with E-state index in [0.29, 0.717) is 77.4 Å². The molecule has 0 amide bonds. The second-order valence-corrected chi connectivity index (χ2v) is 22.9. The molecule has 0 heterocycles. The van der Waals surface area contributed by atoms with Crippen LogP contribution in [0.4, 0.5) is 0 Å². The van der Waals surface area contributed by atoms with E-state index < -0.39 is 30.1 Å². The van der Waals surface area contributed by atoms with Gasteiger partial charge in [-0.25, -0.2) is 4.79 Å². The predicted molar refractivity (Wildman–Crippen MR) is 268 cm³/mol. The molecule has 404 valence electrons. The zero-order chi connectivity index (χ0) is 52.5. The molecule has 2 unspecified atom stereocenters. The maximum Gasteiger partial charge on any atom is 0.334 e. The van der Waals surface area contributed by atoms with Crippen LogP contribution in [-0.4, -0.2) is 105 Å². The summed E-state index contributed by atoms with van der Waals surface area (Å²) in [5, 5.41) is 44.3. The maximum atomic E-state index is 11.8. The standard InChI is InChI=1S/C15H26O4.C14H24O4.C13H24O3.C13H26O3/c1-10(2)12-8-7-11(3)9-13(12)19-15(18)6-4-5-14(16)17;1-9(2)11-5-4-10(3)8-12(11)18-14(17)7-6-13(15)16;1-8(2)11-6-5-9(3)7-12(11)16-13(15)10(4)14;1-9(2)12-5-4-10(3)6-13(12)16-8-11(15)7-14/h10-13H,4-9H2,1-3H3,(H,16,17);9-12H,4-8H2,1-3H3,(H,15,16);8-12,14H,5-7H2,1-4H3;9-15H,4-8H2,1-3H3/t11-,12+,13-;10-,11+,12-;9-,10?,11+,12-;10-,11?,12+,13-/m1111/s1. The lowest BCUT2D eigenvalue weighted by atomic mass is 9.75. The topological polar surface area (TPSA) is 223 Å². The molecule has 4 fully saturated rings. The van der Waals surface area contributed by atoms with Crippen LogP contribution in [0.1, 0.15) is 199 Å². The number of carboxylic acids is 2. The van der Waals surface area contributed by atoms with E-state index in [-0.39, 0.29) is 75.3 Å². The van der Waals surface area contributed by atoms with Gasteiger partial charge in [-0.2, -0.15) is 0 Å². The molecule has 14 atom stereocenters. The Morgan fingerprint density at radius 2 is 0.797 bits per heavy atom. The Kier molecular flexibility index (Phi) is 31.4. The lowest BCUT2D eigenvalue weighted by molar-refractivity contribution is -0.165. The highest BCUT2D eigenvalue weighted by atomic mass is 16.6. The minimum Gasteiger partial charge on any atom is -0.481 e. The number of ether oxygens (including phenoxy) is 4. The molecule has 69 heavy (non-hydrogen) atoms. The highest BCUT2D eigenvalue weighted by molar-refractivity contribution is 5.76. The number of carboxylic acid groups (broad SMARTS) is 2. The van der Waals surface area contributed by atoms with E-state index in [0.717, 1.165) is 44.9 Å². The first-order valence-electron chi connectivity index (χ1n) is 26.9. The van der Waals surface area contributed by atoms with Crippen molar-refractivity contribution in [3.63, 3.8) is 0 Å². The SMILES string of the molecule is CC(C)[C@@H]1CC[C@@H](C)C[C@H]1OC(=O)CCC(=O)O.CC(C)[C@@H]1CC[C@@H](C)C[C@H]1OC(=O)CCCC(=O)O.CC(C)[C@@H]1CC[C@@H](C)C[C@H]1OCC(O)CO.CC(O)C(=O)O[C@@H]1C[C@H](C)CC[C@H]1C(C)C. The van der Waals surface area contributed by atoms with Crippen molar-refractivity contribution in [1.82, 2.24) is 0 Å². The van der Waals surface area contributed by atoms with E-state index in [1.54, 1.807) is 0 Å². The highest BCUT2D eigenvalue weighted by Crippen LogP contribution is 2.38. The molecule has 0 radical (unpaired) electrons. The first-order chi connectivity index (χ1) is 32.2. The summed E-state index contributed by atoms with van der Waals surface area (Å²) in [5.74, 6) is 3.66. The van der Waals surface area contributed by atoms with Crippen molar-refractivity contribution in [2.24, 2.45) is 71.0 Å². The summed E-state index contributed by atoms with van der Waals surface area (Å²) in [5.41, 5.74) is 0. The van der Waals surface area contributed by atoms with Crippen molar-refractivity contribution >= 4 is 29.8 Å². The Balaban J connectivity index is 0.000000461. The zero-order valence-corrected chi connectivity index (χ0v) is 45.2. The Morgan fingerprint density at radius 1 is 0.464 bits per heavy atom. The van der Waals surface area contributed by atoms with Crippen molar-refractivity contribution < 1.29 is 68.5 Å². The fraction of sp³-hybridized carbons (Fsp3) is 0.909. The average molecular weight is 985 g/mol. The molecule has 4 aliphatic rings. The summed E-state index contributed by atoms with van der Waals surface area (Å²) >= 11 is 0. The van der Waals surface area contributed by atoms with Gasteiger partial charge in [0, 0.05) is 12.8 Å². The quantitative estimate of drug-likeness (QED) is 0.0600. The number of carbonyl (C=O) groups excluding carboxylic acids is 3. The zero-order valence-electron chi connectivity index (χ0n) is 45.2. The number of rotatable bonds is 19. The molecular formula is C55H100O14. The van der Waals surface area contributed by atoms with Gasteiger partial charge in [-0.3, -0.25) is 19.2 Å². The fourth-order valence-electron chi connectivity index (χ4n) is 10.6. The van der Waals surface area contributed by atoms with Gasteiger partial charge >= 0.3 is 29.8 Å². The molecule has 4 aliphatic carbocycles. The third kappa shape index (κ3) is 26.5. The number of esters is 3. The second-order valence-electron chi connectivity index (χ2n) is 22.9. The third-order valence-electron chi connectivity index (χ3n) is 15.0. The van der Waals surface area contributed by atoms with Crippen molar-refractivity contribution in [2.45, 2.75) is 236 Å². The van der Waals surface area contributed by atoms with Gasteiger partial charge in [-0.05, 0) is 136 Å². The lowest BCUT2D eigenvalue weighted by Gasteiger charge is -2.37. The molecule has 14 heteroatoms. The summed E-state index contributed by atoms with van der Waals surface area (Å²) in [6.45, 7) is 27.8. The van der Waals surface area contributed by atoms with Gasteiger partial charge < -0.3 is 44.5 Å². The van der Waals surface area contributed by atoms with Gasteiger partial charge in [-0.1, -0.05) is 109 Å². The first kappa shape index (κ1) is 64.2. The summed E-state index contributed by atoms with van der Waals surface area (Å²) in [6, 6.07) is 0. The molecule has 0 spiro atoms. The Hall–Kier alpha value is -2.81. The summed E-state index contributed by atoms with van der Waals surface area (Å²) in [7, 11) is 0. The van der Waals surface area contributed by atoms with Gasteiger partial charge in [0.15, 0.2) is 0 Å². The first-order valence-corrected chi connectivity index (χ1v) is 26.9. The average Bonchev–Trinajstić information content (AvgIpc) is 3.25.